The van der Waals surface area contributed by atoms with Crippen LogP contribution in [0, 0.1) is 6.92 Å². The second-order valence-corrected chi connectivity index (χ2v) is 6.86. The zero-order valence-corrected chi connectivity index (χ0v) is 15.5. The van der Waals surface area contributed by atoms with Crippen molar-refractivity contribution < 1.29 is 9.59 Å². The van der Waals surface area contributed by atoms with Crippen LogP contribution >= 0.6 is 11.3 Å². The monoisotopic (exact) mass is 344 g/mol. The highest BCUT2D eigenvalue weighted by Crippen LogP contribution is 2.26. The average molecular weight is 344 g/mol. The van der Waals surface area contributed by atoms with E-state index in [0.29, 0.717) is 11.3 Å². The molecule has 1 heterocycles. The van der Waals surface area contributed by atoms with Crippen molar-refractivity contribution >= 4 is 28.8 Å². The van der Waals surface area contributed by atoms with Crippen molar-refractivity contribution in [3.63, 3.8) is 0 Å². The molecule has 0 fully saturated rings. The lowest BCUT2D eigenvalue weighted by molar-refractivity contribution is 0.0961. The van der Waals surface area contributed by atoms with E-state index in [1.54, 1.807) is 30.5 Å². The predicted octanol–water partition coefficient (Wildman–Crippen LogP) is 4.18. The Bertz CT molecular complexity index is 750. The van der Waals surface area contributed by atoms with Gasteiger partial charge in [0.05, 0.1) is 4.88 Å². The van der Waals surface area contributed by atoms with Crippen LogP contribution in [0.2, 0.25) is 0 Å². The summed E-state index contributed by atoms with van der Waals surface area (Å²) in [6.07, 6.45) is 3.01. The molecule has 2 rings (SSSR count). The summed E-state index contributed by atoms with van der Waals surface area (Å²) in [7, 11) is 1.59. The van der Waals surface area contributed by atoms with Crippen LogP contribution in [-0.4, -0.2) is 18.9 Å². The molecule has 0 saturated carbocycles. The van der Waals surface area contributed by atoms with Gasteiger partial charge in [0.15, 0.2) is 0 Å². The lowest BCUT2D eigenvalue weighted by atomic mass is 10.1. The first-order chi connectivity index (χ1) is 11.5. The van der Waals surface area contributed by atoms with Gasteiger partial charge >= 0.3 is 0 Å². The first-order valence-electron chi connectivity index (χ1n) is 8.25. The topological polar surface area (TPSA) is 58.2 Å². The SMILES string of the molecule is CCCc1sc(C(=O)Nc2cc(C(=O)NC)ccc2C)cc1CC. The summed E-state index contributed by atoms with van der Waals surface area (Å²) in [6.45, 7) is 6.17. The van der Waals surface area contributed by atoms with Gasteiger partial charge in [-0.3, -0.25) is 9.59 Å². The van der Waals surface area contributed by atoms with Gasteiger partial charge in [-0.15, -0.1) is 11.3 Å². The van der Waals surface area contributed by atoms with Gasteiger partial charge in [0, 0.05) is 23.2 Å². The molecular formula is C19H24N2O2S. The molecule has 5 heteroatoms. The molecule has 0 aliphatic rings. The normalized spacial score (nSPS) is 10.5. The third kappa shape index (κ3) is 4.03. The molecule has 0 spiro atoms. The minimum atomic E-state index is -0.167. The zero-order valence-electron chi connectivity index (χ0n) is 14.7. The van der Waals surface area contributed by atoms with E-state index in [1.165, 1.54) is 10.4 Å². The maximum Gasteiger partial charge on any atom is 0.265 e. The van der Waals surface area contributed by atoms with Gasteiger partial charge in [0.1, 0.15) is 0 Å². The van der Waals surface area contributed by atoms with Crippen LogP contribution in [0.3, 0.4) is 0 Å². The fourth-order valence-corrected chi connectivity index (χ4v) is 3.79. The average Bonchev–Trinajstić information content (AvgIpc) is 2.99. The van der Waals surface area contributed by atoms with Gasteiger partial charge in [0.2, 0.25) is 0 Å². The number of carbonyl (C=O) groups is 2. The fraction of sp³-hybridized carbons (Fsp3) is 0.368. The van der Waals surface area contributed by atoms with E-state index in [0.717, 1.165) is 29.7 Å². The van der Waals surface area contributed by atoms with Crippen molar-refractivity contribution in [3.8, 4) is 0 Å². The van der Waals surface area contributed by atoms with Crippen molar-refractivity contribution in [3.05, 3.63) is 50.7 Å². The minimum Gasteiger partial charge on any atom is -0.355 e. The molecule has 0 bridgehead atoms. The summed E-state index contributed by atoms with van der Waals surface area (Å²) in [5.41, 5.74) is 3.38. The minimum absolute atomic E-state index is 0.116. The zero-order chi connectivity index (χ0) is 17.7. The van der Waals surface area contributed by atoms with Crippen molar-refractivity contribution in [2.45, 2.75) is 40.0 Å². The summed E-state index contributed by atoms with van der Waals surface area (Å²) >= 11 is 1.57. The highest BCUT2D eigenvalue weighted by molar-refractivity contribution is 7.14. The third-order valence-corrected chi connectivity index (χ3v) is 5.19. The van der Waals surface area contributed by atoms with E-state index in [4.69, 9.17) is 0 Å². The number of amides is 2. The Morgan fingerprint density at radius 3 is 2.50 bits per heavy atom. The summed E-state index contributed by atoms with van der Waals surface area (Å²) in [5, 5.41) is 5.54. The van der Waals surface area contributed by atoms with Gasteiger partial charge in [-0.05, 0) is 49.1 Å². The van der Waals surface area contributed by atoms with Crippen molar-refractivity contribution in [2.24, 2.45) is 0 Å². The molecule has 4 nitrogen and oxygen atoms in total. The molecule has 2 aromatic rings. The van der Waals surface area contributed by atoms with Gasteiger partial charge < -0.3 is 10.6 Å². The van der Waals surface area contributed by atoms with Gasteiger partial charge in [-0.25, -0.2) is 0 Å². The molecule has 0 atom stereocenters. The molecule has 1 aromatic heterocycles. The van der Waals surface area contributed by atoms with Crippen LogP contribution in [0.4, 0.5) is 5.69 Å². The van der Waals surface area contributed by atoms with Crippen LogP contribution in [0.1, 0.15) is 56.3 Å². The number of anilines is 1. The standard InChI is InChI=1S/C19H24N2O2S/c1-5-7-16-13(6-2)11-17(24-16)19(23)21-15-10-14(18(22)20-4)9-8-12(15)3/h8-11H,5-7H2,1-4H3,(H,20,22)(H,21,23). The summed E-state index contributed by atoms with van der Waals surface area (Å²) in [4.78, 5) is 26.4. The lowest BCUT2D eigenvalue weighted by Gasteiger charge is -2.09. The smallest absolute Gasteiger partial charge is 0.265 e. The van der Waals surface area contributed by atoms with Crippen molar-refractivity contribution in [1.82, 2.24) is 5.32 Å². The van der Waals surface area contributed by atoms with Gasteiger partial charge in [-0.2, -0.15) is 0 Å². The number of aryl methyl sites for hydroxylation is 3. The lowest BCUT2D eigenvalue weighted by Crippen LogP contribution is -2.18. The first-order valence-corrected chi connectivity index (χ1v) is 9.07. The Morgan fingerprint density at radius 2 is 1.88 bits per heavy atom. The quantitative estimate of drug-likeness (QED) is 0.826. The Morgan fingerprint density at radius 1 is 1.12 bits per heavy atom. The number of thiophene rings is 1. The number of hydrogen-bond donors (Lipinski definition) is 2. The highest BCUT2D eigenvalue weighted by atomic mass is 32.1. The molecule has 1 aromatic carbocycles. The summed E-state index contributed by atoms with van der Waals surface area (Å²) in [5.74, 6) is -0.283. The number of benzene rings is 1. The van der Waals surface area contributed by atoms with Crippen LogP contribution in [0.25, 0.3) is 0 Å². The van der Waals surface area contributed by atoms with E-state index in [1.807, 2.05) is 19.1 Å². The first kappa shape index (κ1) is 18.2. The Labute approximate surface area is 147 Å². The van der Waals surface area contributed by atoms with Crippen molar-refractivity contribution in [1.29, 1.82) is 0 Å². The third-order valence-electron chi connectivity index (χ3n) is 3.95. The molecule has 0 unspecified atom stereocenters. The van der Waals surface area contributed by atoms with Crippen LogP contribution in [0.5, 0.6) is 0 Å². The molecule has 0 aliphatic carbocycles. The Hall–Kier alpha value is -2.14. The fourth-order valence-electron chi connectivity index (χ4n) is 2.54. The predicted molar refractivity (Wildman–Crippen MR) is 100 cm³/mol. The maximum atomic E-state index is 12.6. The van der Waals surface area contributed by atoms with E-state index in [-0.39, 0.29) is 11.8 Å². The maximum absolute atomic E-state index is 12.6. The van der Waals surface area contributed by atoms with Gasteiger partial charge in [-0.1, -0.05) is 26.3 Å². The molecule has 0 saturated heterocycles. The number of hydrogen-bond acceptors (Lipinski definition) is 3. The summed E-state index contributed by atoms with van der Waals surface area (Å²) in [6, 6.07) is 7.30. The molecular weight excluding hydrogens is 320 g/mol. The Balaban J connectivity index is 2.25. The molecule has 0 radical (unpaired) electrons. The van der Waals surface area contributed by atoms with Crippen LogP contribution < -0.4 is 10.6 Å². The highest BCUT2D eigenvalue weighted by Gasteiger charge is 2.15. The molecule has 128 valence electrons. The second-order valence-electron chi connectivity index (χ2n) is 5.73. The number of rotatable bonds is 6. The largest absolute Gasteiger partial charge is 0.355 e. The van der Waals surface area contributed by atoms with Crippen LogP contribution in [-0.2, 0) is 12.8 Å². The molecule has 0 aliphatic heterocycles. The van der Waals surface area contributed by atoms with Crippen molar-refractivity contribution in [2.75, 3.05) is 12.4 Å². The van der Waals surface area contributed by atoms with Crippen LogP contribution in [0.15, 0.2) is 24.3 Å². The molecule has 24 heavy (non-hydrogen) atoms. The van der Waals surface area contributed by atoms with E-state index in [2.05, 4.69) is 24.5 Å². The number of nitrogens with one attached hydrogen (secondary N) is 2. The number of carbonyl (C=O) groups excluding carboxylic acids is 2. The summed E-state index contributed by atoms with van der Waals surface area (Å²) < 4.78 is 0. The van der Waals surface area contributed by atoms with Gasteiger partial charge in [0.25, 0.3) is 11.8 Å². The second kappa shape index (κ2) is 8.11. The molecule has 2 N–H and O–H groups in total. The molecule has 2 amide bonds. The van der Waals surface area contributed by atoms with E-state index < -0.39 is 0 Å². The Kier molecular flexibility index (Phi) is 6.15. The van der Waals surface area contributed by atoms with E-state index >= 15 is 0 Å². The van der Waals surface area contributed by atoms with E-state index in [9.17, 15) is 9.59 Å².